The Bertz CT molecular complexity index is 1230. The van der Waals surface area contributed by atoms with Crippen molar-refractivity contribution in [1.29, 1.82) is 0 Å². The molecule has 0 N–H and O–H groups in total. The lowest BCUT2D eigenvalue weighted by molar-refractivity contribution is -0.139. The standard InChI is InChI=1S/C23H23FN8O2/c1-15-18(4-5-19(24)23(15)25-2)20-12-30-7-8-31(11-17(30)13-34-20)22(33)9-16-3-6-21(26-10-16)32-14-27-28-29-32/h3-6,10,14,17,20H,7-9,11-13H2,1H3/t17-,20+/m1/s1. The van der Waals surface area contributed by atoms with Gasteiger partial charge < -0.3 is 9.64 Å². The highest BCUT2D eigenvalue weighted by Crippen LogP contribution is 2.34. The molecule has 5 rings (SSSR count). The Morgan fingerprint density at radius 3 is 2.88 bits per heavy atom. The number of rotatable bonds is 4. The molecule has 1 aromatic carbocycles. The Balaban J connectivity index is 1.19. The van der Waals surface area contributed by atoms with E-state index < -0.39 is 5.82 Å². The molecule has 0 unspecified atom stereocenters. The monoisotopic (exact) mass is 462 g/mol. The predicted octanol–water partition coefficient (Wildman–Crippen LogP) is 1.88. The molecule has 2 fully saturated rings. The predicted molar refractivity (Wildman–Crippen MR) is 119 cm³/mol. The van der Waals surface area contributed by atoms with Crippen LogP contribution in [0.2, 0.25) is 0 Å². The fourth-order valence-electron chi connectivity index (χ4n) is 4.58. The third-order valence-corrected chi connectivity index (χ3v) is 6.48. The number of carbonyl (C=O) groups is 1. The molecule has 0 saturated carbocycles. The summed E-state index contributed by atoms with van der Waals surface area (Å²) in [4.78, 5) is 24.8. The number of piperazine rings is 1. The molecular formula is C23H23FN8O2. The first kappa shape index (κ1) is 22.1. The van der Waals surface area contributed by atoms with E-state index in [9.17, 15) is 9.18 Å². The number of ether oxygens (including phenoxy) is 1. The molecule has 10 nitrogen and oxygen atoms in total. The highest BCUT2D eigenvalue weighted by molar-refractivity contribution is 5.79. The summed E-state index contributed by atoms with van der Waals surface area (Å²) in [5.74, 6) is 0.135. The summed E-state index contributed by atoms with van der Waals surface area (Å²) in [6, 6.07) is 6.79. The van der Waals surface area contributed by atoms with E-state index in [1.807, 2.05) is 11.0 Å². The molecule has 2 aliphatic rings. The molecule has 2 aliphatic heterocycles. The molecule has 11 heteroatoms. The van der Waals surface area contributed by atoms with Crippen molar-refractivity contribution in [2.75, 3.05) is 32.8 Å². The van der Waals surface area contributed by atoms with E-state index >= 15 is 0 Å². The van der Waals surface area contributed by atoms with Crippen molar-refractivity contribution in [2.24, 2.45) is 0 Å². The van der Waals surface area contributed by atoms with E-state index in [1.165, 1.54) is 17.1 Å². The molecule has 0 spiro atoms. The Kier molecular flexibility index (Phi) is 6.00. The van der Waals surface area contributed by atoms with Crippen LogP contribution in [0, 0.1) is 19.3 Å². The first-order valence-electron chi connectivity index (χ1n) is 11.0. The van der Waals surface area contributed by atoms with Gasteiger partial charge in [0.05, 0.1) is 31.7 Å². The lowest BCUT2D eigenvalue weighted by atomic mass is 9.98. The molecule has 2 aromatic heterocycles. The molecule has 2 saturated heterocycles. The van der Waals surface area contributed by atoms with Crippen molar-refractivity contribution < 1.29 is 13.9 Å². The number of morpholine rings is 1. The average Bonchev–Trinajstić information content (AvgIpc) is 3.39. The molecule has 0 bridgehead atoms. The molecule has 3 aromatic rings. The van der Waals surface area contributed by atoms with E-state index in [-0.39, 0.29) is 30.2 Å². The van der Waals surface area contributed by atoms with Crippen LogP contribution in [0.1, 0.15) is 22.8 Å². The number of tetrazole rings is 1. The van der Waals surface area contributed by atoms with Gasteiger partial charge in [0.15, 0.2) is 5.82 Å². The maximum absolute atomic E-state index is 13.9. The normalized spacial score (nSPS) is 20.6. The summed E-state index contributed by atoms with van der Waals surface area (Å²) in [5, 5.41) is 11.0. The molecule has 2 atom stereocenters. The van der Waals surface area contributed by atoms with Crippen LogP contribution < -0.4 is 0 Å². The molecule has 4 heterocycles. The number of fused-ring (bicyclic) bond motifs is 1. The zero-order valence-electron chi connectivity index (χ0n) is 18.6. The van der Waals surface area contributed by atoms with Gasteiger partial charge in [-0.25, -0.2) is 14.2 Å². The van der Waals surface area contributed by atoms with Crippen LogP contribution >= 0.6 is 0 Å². The van der Waals surface area contributed by atoms with E-state index in [0.717, 1.165) is 17.7 Å². The minimum Gasteiger partial charge on any atom is -0.371 e. The SMILES string of the molecule is [C-]#[N+]c1c(F)ccc([C@@H]2CN3CCN(C(=O)Cc4ccc(-n5cnnn5)nc4)C[C@@H]3CO2)c1C. The zero-order valence-corrected chi connectivity index (χ0v) is 18.6. The number of nitrogens with zero attached hydrogens (tertiary/aromatic N) is 8. The quantitative estimate of drug-likeness (QED) is 0.547. The van der Waals surface area contributed by atoms with Gasteiger partial charge >= 0.3 is 0 Å². The van der Waals surface area contributed by atoms with Gasteiger partial charge in [-0.05, 0) is 46.2 Å². The third-order valence-electron chi connectivity index (χ3n) is 6.48. The molecule has 0 radical (unpaired) electrons. The van der Waals surface area contributed by atoms with Crippen LogP contribution in [0.25, 0.3) is 10.7 Å². The minimum atomic E-state index is -0.502. The maximum Gasteiger partial charge on any atom is 0.227 e. The van der Waals surface area contributed by atoms with E-state index in [2.05, 4.69) is 30.3 Å². The van der Waals surface area contributed by atoms with Crippen LogP contribution in [-0.2, 0) is 16.0 Å². The smallest absolute Gasteiger partial charge is 0.227 e. The lowest BCUT2D eigenvalue weighted by Crippen LogP contribution is -2.59. The Labute approximate surface area is 195 Å². The van der Waals surface area contributed by atoms with Gasteiger partial charge in [-0.3, -0.25) is 9.69 Å². The van der Waals surface area contributed by atoms with Crippen LogP contribution in [0.4, 0.5) is 10.1 Å². The van der Waals surface area contributed by atoms with Gasteiger partial charge in [-0.2, -0.15) is 4.68 Å². The Hall–Kier alpha value is -3.75. The van der Waals surface area contributed by atoms with Gasteiger partial charge in [-0.15, -0.1) is 5.10 Å². The Morgan fingerprint density at radius 1 is 1.26 bits per heavy atom. The molecule has 1 amide bonds. The van der Waals surface area contributed by atoms with Gasteiger partial charge in [0.1, 0.15) is 12.1 Å². The summed E-state index contributed by atoms with van der Waals surface area (Å²) < 4.78 is 21.5. The number of halogens is 1. The number of carbonyl (C=O) groups excluding carboxylic acids is 1. The number of hydrogen-bond acceptors (Lipinski definition) is 7. The van der Waals surface area contributed by atoms with Crippen molar-refractivity contribution in [3.8, 4) is 5.82 Å². The number of aromatic nitrogens is 5. The fourth-order valence-corrected chi connectivity index (χ4v) is 4.58. The number of pyridine rings is 1. The first-order chi connectivity index (χ1) is 16.5. The van der Waals surface area contributed by atoms with Crippen molar-refractivity contribution in [2.45, 2.75) is 25.5 Å². The minimum absolute atomic E-state index is 0.0508. The van der Waals surface area contributed by atoms with Crippen molar-refractivity contribution in [3.63, 3.8) is 0 Å². The van der Waals surface area contributed by atoms with Gasteiger partial charge in [0.2, 0.25) is 11.6 Å². The summed E-state index contributed by atoms with van der Waals surface area (Å²) in [7, 11) is 0. The lowest BCUT2D eigenvalue weighted by Gasteiger charge is -2.46. The summed E-state index contributed by atoms with van der Waals surface area (Å²) >= 11 is 0. The summed E-state index contributed by atoms with van der Waals surface area (Å²) in [5.41, 5.74) is 2.36. The van der Waals surface area contributed by atoms with Crippen LogP contribution in [0.15, 0.2) is 36.8 Å². The summed E-state index contributed by atoms with van der Waals surface area (Å²) in [6.45, 7) is 12.1. The van der Waals surface area contributed by atoms with E-state index in [0.29, 0.717) is 37.6 Å². The molecular weight excluding hydrogens is 439 g/mol. The van der Waals surface area contributed by atoms with Gasteiger partial charge in [0, 0.05) is 32.4 Å². The van der Waals surface area contributed by atoms with Crippen molar-refractivity contribution >= 4 is 11.6 Å². The zero-order chi connectivity index (χ0) is 23.7. The van der Waals surface area contributed by atoms with Crippen LogP contribution in [0.5, 0.6) is 0 Å². The molecule has 174 valence electrons. The Morgan fingerprint density at radius 2 is 2.15 bits per heavy atom. The second-order valence-electron chi connectivity index (χ2n) is 8.49. The summed E-state index contributed by atoms with van der Waals surface area (Å²) in [6.07, 6.45) is 3.18. The molecule has 0 aliphatic carbocycles. The van der Waals surface area contributed by atoms with Gasteiger partial charge in [-0.1, -0.05) is 12.1 Å². The third kappa shape index (κ3) is 4.25. The van der Waals surface area contributed by atoms with Crippen LogP contribution in [0.3, 0.4) is 0 Å². The first-order valence-corrected chi connectivity index (χ1v) is 11.0. The maximum atomic E-state index is 13.9. The van der Waals surface area contributed by atoms with E-state index in [1.54, 1.807) is 25.3 Å². The molecule has 34 heavy (non-hydrogen) atoms. The van der Waals surface area contributed by atoms with Crippen molar-refractivity contribution in [3.05, 3.63) is 70.7 Å². The number of benzene rings is 1. The largest absolute Gasteiger partial charge is 0.371 e. The number of hydrogen-bond donors (Lipinski definition) is 0. The highest BCUT2D eigenvalue weighted by atomic mass is 19.1. The van der Waals surface area contributed by atoms with Crippen molar-refractivity contribution in [1.82, 2.24) is 35.0 Å². The highest BCUT2D eigenvalue weighted by Gasteiger charge is 2.36. The topological polar surface area (TPSA) is 93.6 Å². The van der Waals surface area contributed by atoms with E-state index in [4.69, 9.17) is 11.3 Å². The average molecular weight is 462 g/mol. The fraction of sp³-hybridized carbons (Fsp3) is 0.391. The second-order valence-corrected chi connectivity index (χ2v) is 8.49. The van der Waals surface area contributed by atoms with Crippen LogP contribution in [-0.4, -0.2) is 79.7 Å². The second kappa shape index (κ2) is 9.24. The number of amides is 1. The van der Waals surface area contributed by atoms with Gasteiger partial charge in [0.25, 0.3) is 0 Å².